The summed E-state index contributed by atoms with van der Waals surface area (Å²) in [5.41, 5.74) is 0. The Morgan fingerprint density at radius 1 is 1.33 bits per heavy atom. The highest BCUT2D eigenvalue weighted by Crippen LogP contribution is 2.17. The summed E-state index contributed by atoms with van der Waals surface area (Å²) in [7, 11) is 0. The molecule has 0 N–H and O–H groups in total. The van der Waals surface area contributed by atoms with E-state index in [-0.39, 0.29) is 12.4 Å². The molecule has 1 heterocycles. The molecule has 0 spiro atoms. The molecule has 102 valence electrons. The van der Waals surface area contributed by atoms with Gasteiger partial charge in [-0.1, -0.05) is 37.3 Å². The van der Waals surface area contributed by atoms with E-state index < -0.39 is 14.1 Å². The van der Waals surface area contributed by atoms with Crippen molar-refractivity contribution in [2.24, 2.45) is 0 Å². The molecule has 2 unspecified atom stereocenters. The molecule has 0 aromatic carbocycles. The molecule has 0 aromatic heterocycles. The van der Waals surface area contributed by atoms with E-state index in [1.807, 2.05) is 0 Å². The molecular weight excluding hydrogens is 239 g/mol. The van der Waals surface area contributed by atoms with E-state index in [1.165, 1.54) is 32.1 Å². The fraction of sp³-hybridized carbons (Fsp3) is 0.867. The molecule has 0 aliphatic carbocycles. The summed E-state index contributed by atoms with van der Waals surface area (Å²) in [6, 6.07) is 0. The molecule has 1 rings (SSSR count). The zero-order valence-electron chi connectivity index (χ0n) is 12.2. The van der Waals surface area contributed by atoms with Gasteiger partial charge >= 0.3 is 14.1 Å². The van der Waals surface area contributed by atoms with Gasteiger partial charge in [-0.15, -0.1) is 0 Å². The van der Waals surface area contributed by atoms with Crippen LogP contribution in [0.15, 0.2) is 0 Å². The van der Waals surface area contributed by atoms with Gasteiger partial charge in [-0.3, -0.25) is 0 Å². The molecule has 0 bridgehead atoms. The molecule has 2 atom stereocenters. The lowest BCUT2D eigenvalue weighted by Gasteiger charge is -2.25. The fourth-order valence-electron chi connectivity index (χ4n) is 2.02. The summed E-state index contributed by atoms with van der Waals surface area (Å²) in [6.45, 7) is 3.07. The minimum atomic E-state index is -0.806. The predicted molar refractivity (Wildman–Crippen MR) is 77.9 cm³/mol. The lowest BCUT2D eigenvalue weighted by atomic mass is 10.1. The first-order valence-corrected chi connectivity index (χ1v) is 10.4. The normalized spacial score (nSPS) is 20.9. The van der Waals surface area contributed by atoms with Gasteiger partial charge in [0.25, 0.3) is 0 Å². The van der Waals surface area contributed by atoms with Crippen molar-refractivity contribution in [3.63, 3.8) is 0 Å². The summed E-state index contributed by atoms with van der Waals surface area (Å²) in [5.74, 6) is 7.85. The largest absolute Gasteiger partial charge is 0.369 e. The van der Waals surface area contributed by atoms with E-state index in [4.69, 9.17) is 9.47 Å². The molecule has 18 heavy (non-hydrogen) atoms. The second kappa shape index (κ2) is 9.88. The molecule has 1 aliphatic rings. The third-order valence-electron chi connectivity index (χ3n) is 3.06. The van der Waals surface area contributed by atoms with Gasteiger partial charge in [0.15, 0.2) is 6.29 Å². The van der Waals surface area contributed by atoms with E-state index in [9.17, 15) is 0 Å². The van der Waals surface area contributed by atoms with Crippen molar-refractivity contribution in [3.8, 4) is 10.7 Å². The van der Waals surface area contributed by atoms with E-state index in [1.54, 1.807) is 0 Å². The monoisotopic (exact) mass is 266 g/mol. The highest BCUT2D eigenvalue weighted by molar-refractivity contribution is 6.64. The van der Waals surface area contributed by atoms with Crippen molar-refractivity contribution >= 4 is 14.1 Å². The first kappa shape index (κ1) is 16.1. The topological polar surface area (TPSA) is 18.5 Å². The van der Waals surface area contributed by atoms with E-state index >= 15 is 0 Å². The van der Waals surface area contributed by atoms with Gasteiger partial charge in [-0.25, -0.2) is 4.78 Å². The number of unbranched alkanes of at least 4 members (excludes halogenated alkanes) is 2. The zero-order valence-corrected chi connectivity index (χ0v) is 13.4. The Bertz CT molecular complexity index is 261. The van der Waals surface area contributed by atoms with Gasteiger partial charge in [0.05, 0.1) is 0 Å². The maximum atomic E-state index is 6.01. The Balaban J connectivity index is 2.40. The minimum Gasteiger partial charge on any atom is -0.353 e. The highest BCUT2D eigenvalue weighted by atomic mass is 27.2. The minimum absolute atomic E-state index is 0.00601. The van der Waals surface area contributed by atoms with Crippen LogP contribution in [0.1, 0.15) is 51.9 Å². The molecule has 0 radical (unpaired) electrons. The Morgan fingerprint density at radius 3 is 2.78 bits per heavy atom. The van der Waals surface area contributed by atoms with Crippen molar-refractivity contribution < 1.29 is 9.47 Å². The van der Waals surface area contributed by atoms with Crippen LogP contribution in [0.2, 0.25) is 11.6 Å². The van der Waals surface area contributed by atoms with E-state index in [0.29, 0.717) is 0 Å². The third kappa shape index (κ3) is 7.45. The predicted octanol–water partition coefficient (Wildman–Crippen LogP) is 3.78. The molecule has 0 aromatic rings. The third-order valence-corrected chi connectivity index (χ3v) is 3.80. The summed E-state index contributed by atoms with van der Waals surface area (Å²) >= 11 is -0.806. The zero-order chi connectivity index (χ0) is 13.2. The van der Waals surface area contributed by atoms with Crippen LogP contribution in [0.3, 0.4) is 0 Å². The summed E-state index contributed by atoms with van der Waals surface area (Å²) in [5, 5.41) is 0. The quantitative estimate of drug-likeness (QED) is 0.414. The van der Waals surface area contributed by atoms with Crippen molar-refractivity contribution in [1.82, 2.24) is 0 Å². The van der Waals surface area contributed by atoms with Gasteiger partial charge in [0.1, 0.15) is 6.10 Å². The van der Waals surface area contributed by atoms with Crippen LogP contribution in [0, 0.1) is 10.7 Å². The Hall–Kier alpha value is 0.0125. The standard InChI is InChI=1S/C13H21O2.2CH3.Al/c1-3-5-6-9-12(4-2)15-13-10-7-8-11-14-13;;;/h12-13H,3,5-11H2,1H3;2*1H3;. The maximum Gasteiger partial charge on any atom is 0.369 e. The van der Waals surface area contributed by atoms with Crippen molar-refractivity contribution in [3.05, 3.63) is 0 Å². The molecule has 0 saturated carbocycles. The smallest absolute Gasteiger partial charge is 0.353 e. The van der Waals surface area contributed by atoms with Crippen LogP contribution >= 0.6 is 0 Å². The molecule has 0 amide bonds. The van der Waals surface area contributed by atoms with Crippen molar-refractivity contribution in [2.75, 3.05) is 6.61 Å². The number of hydrogen-bond donors (Lipinski definition) is 0. The second-order valence-corrected chi connectivity index (χ2v) is 7.96. The van der Waals surface area contributed by atoms with Crippen LogP contribution in [-0.4, -0.2) is 33.1 Å². The summed E-state index contributed by atoms with van der Waals surface area (Å²) in [4.78, 5) is 3.37. The van der Waals surface area contributed by atoms with Gasteiger partial charge in [-0.2, -0.15) is 0 Å². The number of ether oxygens (including phenoxy) is 2. The summed E-state index contributed by atoms with van der Waals surface area (Å²) in [6.07, 6.45) is 8.30. The SMILES string of the molecule is CCCCCC(C#[C][Al]([CH3])[CH3])OC1CCCCO1. The van der Waals surface area contributed by atoms with Crippen LogP contribution < -0.4 is 0 Å². The molecule has 1 saturated heterocycles. The van der Waals surface area contributed by atoms with E-state index in [0.717, 1.165) is 19.4 Å². The lowest BCUT2D eigenvalue weighted by molar-refractivity contribution is -0.177. The average molecular weight is 266 g/mol. The van der Waals surface area contributed by atoms with Crippen molar-refractivity contribution in [1.29, 1.82) is 0 Å². The lowest BCUT2D eigenvalue weighted by Crippen LogP contribution is -2.27. The maximum absolute atomic E-state index is 6.01. The molecule has 1 fully saturated rings. The van der Waals surface area contributed by atoms with Crippen LogP contribution in [0.4, 0.5) is 0 Å². The number of rotatable bonds is 6. The first-order valence-electron chi connectivity index (χ1n) is 7.50. The van der Waals surface area contributed by atoms with Crippen LogP contribution in [-0.2, 0) is 9.47 Å². The Morgan fingerprint density at radius 2 is 2.17 bits per heavy atom. The first-order chi connectivity index (χ1) is 8.72. The van der Waals surface area contributed by atoms with Gasteiger partial charge in [-0.05, 0) is 32.1 Å². The Labute approximate surface area is 117 Å². The van der Waals surface area contributed by atoms with Gasteiger partial charge < -0.3 is 9.47 Å². The highest BCUT2D eigenvalue weighted by Gasteiger charge is 2.18. The number of hydrogen-bond acceptors (Lipinski definition) is 2. The summed E-state index contributed by atoms with van der Waals surface area (Å²) < 4.78 is 11.7. The van der Waals surface area contributed by atoms with Gasteiger partial charge in [0.2, 0.25) is 0 Å². The van der Waals surface area contributed by atoms with E-state index in [2.05, 4.69) is 29.2 Å². The molecular formula is C15H27AlO2. The average Bonchev–Trinajstić information content (AvgIpc) is 2.37. The van der Waals surface area contributed by atoms with Crippen LogP contribution in [0.25, 0.3) is 0 Å². The second-order valence-electron chi connectivity index (χ2n) is 5.36. The molecule has 3 heteroatoms. The van der Waals surface area contributed by atoms with Crippen molar-refractivity contribution in [2.45, 2.75) is 75.8 Å². The fourth-order valence-corrected chi connectivity index (χ4v) is 2.53. The van der Waals surface area contributed by atoms with Crippen LogP contribution in [0.5, 0.6) is 0 Å². The Kier molecular flexibility index (Phi) is 8.82. The van der Waals surface area contributed by atoms with Gasteiger partial charge in [0, 0.05) is 6.61 Å². The molecule has 1 aliphatic heterocycles. The molecule has 2 nitrogen and oxygen atoms in total.